The zero-order chi connectivity index (χ0) is 7.84. The molecule has 0 aliphatic carbocycles. The molecule has 2 aromatic rings. The van der Waals surface area contributed by atoms with Gasteiger partial charge in [0, 0.05) is 0 Å². The minimum Gasteiger partial charge on any atom is -0.298 e. The number of thiophene rings is 1. The Hall–Kier alpha value is -0.880. The molecular formula is C6H5BrN2O2S. The van der Waals surface area contributed by atoms with E-state index in [2.05, 4.69) is 9.97 Å². The van der Waals surface area contributed by atoms with Gasteiger partial charge < -0.3 is 0 Å². The van der Waals surface area contributed by atoms with Crippen LogP contribution in [-0.4, -0.2) is 9.97 Å². The molecule has 6 heteroatoms. The van der Waals surface area contributed by atoms with Crippen molar-refractivity contribution >= 4 is 38.5 Å². The molecule has 2 N–H and O–H groups in total. The first-order valence-corrected chi connectivity index (χ1v) is 3.85. The topological polar surface area (TPSA) is 65.7 Å². The molecule has 2 aromatic heterocycles. The van der Waals surface area contributed by atoms with Gasteiger partial charge in [-0.15, -0.1) is 28.3 Å². The molecule has 0 radical (unpaired) electrons. The highest BCUT2D eigenvalue weighted by molar-refractivity contribution is 8.93. The summed E-state index contributed by atoms with van der Waals surface area (Å²) in [4.78, 5) is 27.0. The van der Waals surface area contributed by atoms with Gasteiger partial charge in [0.25, 0.3) is 5.56 Å². The Labute approximate surface area is 81.0 Å². The van der Waals surface area contributed by atoms with Gasteiger partial charge in [-0.05, 0) is 11.4 Å². The lowest BCUT2D eigenvalue weighted by Crippen LogP contribution is -2.20. The predicted octanol–water partition coefficient (Wildman–Crippen LogP) is 0.856. The van der Waals surface area contributed by atoms with Gasteiger partial charge in [0.1, 0.15) is 4.83 Å². The van der Waals surface area contributed by atoms with Crippen molar-refractivity contribution in [2.24, 2.45) is 0 Å². The fraction of sp³-hybridized carbons (Fsp3) is 0. The average Bonchev–Trinajstić information content (AvgIpc) is 2.34. The van der Waals surface area contributed by atoms with Crippen LogP contribution in [0.25, 0.3) is 10.2 Å². The summed E-state index contributed by atoms with van der Waals surface area (Å²) in [5.74, 6) is 0. The van der Waals surface area contributed by atoms with E-state index in [9.17, 15) is 9.59 Å². The molecule has 2 rings (SSSR count). The molecule has 0 aliphatic heterocycles. The smallest absolute Gasteiger partial charge is 0.298 e. The Morgan fingerprint density at radius 2 is 2.00 bits per heavy atom. The monoisotopic (exact) mass is 248 g/mol. The van der Waals surface area contributed by atoms with Crippen molar-refractivity contribution in [3.63, 3.8) is 0 Å². The zero-order valence-electron chi connectivity index (χ0n) is 5.79. The molecule has 0 unspecified atom stereocenters. The predicted molar refractivity (Wildman–Crippen MR) is 53.4 cm³/mol. The number of H-pyrrole nitrogens is 2. The molecule has 0 aliphatic rings. The average molecular weight is 249 g/mol. The maximum absolute atomic E-state index is 11.0. The summed E-state index contributed by atoms with van der Waals surface area (Å²) in [6.07, 6.45) is 0. The summed E-state index contributed by atoms with van der Waals surface area (Å²) in [5, 5.41) is 2.30. The van der Waals surface area contributed by atoms with E-state index in [-0.39, 0.29) is 22.5 Å². The van der Waals surface area contributed by atoms with Crippen LogP contribution >= 0.6 is 28.3 Å². The maximum atomic E-state index is 11.0. The molecule has 0 aromatic carbocycles. The second-order valence-electron chi connectivity index (χ2n) is 2.07. The van der Waals surface area contributed by atoms with Gasteiger partial charge in [-0.3, -0.25) is 14.8 Å². The third kappa shape index (κ3) is 1.35. The van der Waals surface area contributed by atoms with Crippen LogP contribution < -0.4 is 11.2 Å². The molecule has 0 spiro atoms. The largest absolute Gasteiger partial charge is 0.326 e. The summed E-state index contributed by atoms with van der Waals surface area (Å²) in [5.41, 5.74) is -0.782. The highest BCUT2D eigenvalue weighted by Crippen LogP contribution is 2.10. The molecule has 0 amide bonds. The number of rotatable bonds is 0. The molecule has 0 fully saturated rings. The van der Waals surface area contributed by atoms with Crippen molar-refractivity contribution in [3.05, 3.63) is 32.3 Å². The van der Waals surface area contributed by atoms with Crippen LogP contribution in [0.5, 0.6) is 0 Å². The number of fused-ring (bicyclic) bond motifs is 1. The lowest BCUT2D eigenvalue weighted by Gasteiger charge is -1.84. The van der Waals surface area contributed by atoms with Gasteiger partial charge in [-0.25, -0.2) is 4.79 Å². The standard InChI is InChI=1S/C6H4N2O2S.BrH/c9-4-3-1-2-11-5(3)8-6(10)7-4;/h1-2H,(H2,7,8,9,10);1H. The highest BCUT2D eigenvalue weighted by atomic mass is 79.9. The molecular weight excluding hydrogens is 244 g/mol. The lowest BCUT2D eigenvalue weighted by molar-refractivity contribution is 1.09. The van der Waals surface area contributed by atoms with Gasteiger partial charge >= 0.3 is 5.69 Å². The van der Waals surface area contributed by atoms with Gasteiger partial charge in [0.15, 0.2) is 0 Å². The normalized spacial score (nSPS) is 9.67. The first-order valence-electron chi connectivity index (χ1n) is 2.97. The van der Waals surface area contributed by atoms with Gasteiger partial charge in [-0.1, -0.05) is 0 Å². The van der Waals surface area contributed by atoms with E-state index in [0.29, 0.717) is 10.2 Å². The molecule has 0 bridgehead atoms. The van der Waals surface area contributed by atoms with E-state index in [1.165, 1.54) is 11.3 Å². The molecule has 2 heterocycles. The maximum Gasteiger partial charge on any atom is 0.326 e. The third-order valence-electron chi connectivity index (χ3n) is 1.36. The van der Waals surface area contributed by atoms with E-state index < -0.39 is 5.69 Å². The molecule has 12 heavy (non-hydrogen) atoms. The van der Waals surface area contributed by atoms with E-state index in [4.69, 9.17) is 0 Å². The summed E-state index contributed by atoms with van der Waals surface area (Å²) >= 11 is 1.34. The van der Waals surface area contributed by atoms with Crippen molar-refractivity contribution in [2.75, 3.05) is 0 Å². The van der Waals surface area contributed by atoms with Crippen molar-refractivity contribution in [2.45, 2.75) is 0 Å². The van der Waals surface area contributed by atoms with E-state index in [1.807, 2.05) is 0 Å². The minimum atomic E-state index is -0.454. The van der Waals surface area contributed by atoms with Crippen LogP contribution in [0.3, 0.4) is 0 Å². The van der Waals surface area contributed by atoms with Crippen molar-refractivity contribution in [3.8, 4) is 0 Å². The minimum absolute atomic E-state index is 0. The Morgan fingerprint density at radius 3 is 2.75 bits per heavy atom. The van der Waals surface area contributed by atoms with Crippen molar-refractivity contribution in [1.29, 1.82) is 0 Å². The molecule has 0 saturated carbocycles. The number of nitrogens with one attached hydrogen (secondary N) is 2. The second-order valence-corrected chi connectivity index (χ2v) is 2.99. The summed E-state index contributed by atoms with van der Waals surface area (Å²) in [6, 6.07) is 1.68. The Balaban J connectivity index is 0.000000720. The number of aromatic nitrogens is 2. The van der Waals surface area contributed by atoms with Crippen LogP contribution in [-0.2, 0) is 0 Å². The first-order chi connectivity index (χ1) is 5.27. The van der Waals surface area contributed by atoms with Gasteiger partial charge in [0.2, 0.25) is 0 Å². The third-order valence-corrected chi connectivity index (χ3v) is 2.19. The summed E-state index contributed by atoms with van der Waals surface area (Å²) in [6.45, 7) is 0. The summed E-state index contributed by atoms with van der Waals surface area (Å²) < 4.78 is 0. The van der Waals surface area contributed by atoms with Crippen LogP contribution in [0, 0.1) is 0 Å². The summed E-state index contributed by atoms with van der Waals surface area (Å²) in [7, 11) is 0. The van der Waals surface area contributed by atoms with Crippen molar-refractivity contribution < 1.29 is 0 Å². The van der Waals surface area contributed by atoms with Crippen LogP contribution in [0.4, 0.5) is 0 Å². The SMILES string of the molecule is Br.O=c1[nH]c(=O)c2ccsc2[nH]1. The number of hydrogen-bond acceptors (Lipinski definition) is 3. The van der Waals surface area contributed by atoms with Gasteiger partial charge in [-0.2, -0.15) is 0 Å². The van der Waals surface area contributed by atoms with Crippen molar-refractivity contribution in [1.82, 2.24) is 9.97 Å². The van der Waals surface area contributed by atoms with E-state index in [0.717, 1.165) is 0 Å². The highest BCUT2D eigenvalue weighted by Gasteiger charge is 1.98. The van der Waals surface area contributed by atoms with Gasteiger partial charge in [0.05, 0.1) is 5.39 Å². The quantitative estimate of drug-likeness (QED) is 0.727. The van der Waals surface area contributed by atoms with E-state index in [1.54, 1.807) is 11.4 Å². The van der Waals surface area contributed by atoms with Crippen LogP contribution in [0.15, 0.2) is 21.0 Å². The molecule has 0 atom stereocenters. The Kier molecular flexibility index (Phi) is 2.49. The zero-order valence-corrected chi connectivity index (χ0v) is 8.32. The molecule has 4 nitrogen and oxygen atoms in total. The Morgan fingerprint density at radius 1 is 1.25 bits per heavy atom. The first kappa shape index (κ1) is 9.21. The van der Waals surface area contributed by atoms with Crippen LogP contribution in [0.2, 0.25) is 0 Å². The Bertz CT molecular complexity index is 498. The lowest BCUT2D eigenvalue weighted by atomic mass is 10.4. The molecule has 0 saturated heterocycles. The van der Waals surface area contributed by atoms with E-state index >= 15 is 0 Å². The number of hydrogen-bond donors (Lipinski definition) is 2. The number of halogens is 1. The fourth-order valence-electron chi connectivity index (χ4n) is 0.890. The van der Waals surface area contributed by atoms with Crippen LogP contribution in [0.1, 0.15) is 0 Å². The molecule has 64 valence electrons. The second kappa shape index (κ2) is 3.24. The fourth-order valence-corrected chi connectivity index (χ4v) is 1.67. The number of aromatic amines is 2.